The Morgan fingerprint density at radius 3 is 2.81 bits per heavy atom. The van der Waals surface area contributed by atoms with E-state index < -0.39 is 0 Å². The molecule has 0 radical (unpaired) electrons. The summed E-state index contributed by atoms with van der Waals surface area (Å²) in [6.07, 6.45) is 0.801. The van der Waals surface area contributed by atoms with Crippen LogP contribution in [0.5, 0.6) is 0 Å². The maximum atomic E-state index is 12.8. The number of fused-ring (bicyclic) bond motifs is 1. The lowest BCUT2D eigenvalue weighted by atomic mass is 9.98. The Labute approximate surface area is 170 Å². The third kappa shape index (κ3) is 4.05. The van der Waals surface area contributed by atoms with Gasteiger partial charge in [-0.05, 0) is 48.7 Å². The summed E-state index contributed by atoms with van der Waals surface area (Å²) in [7, 11) is 0. The van der Waals surface area contributed by atoms with Crippen LogP contribution < -0.4 is 16.0 Å². The third-order valence-corrected chi connectivity index (χ3v) is 6.08. The van der Waals surface area contributed by atoms with Gasteiger partial charge in [-0.25, -0.2) is 4.98 Å². The van der Waals surface area contributed by atoms with Crippen LogP contribution in [0.1, 0.15) is 32.7 Å². The minimum atomic E-state index is -0.174. The molecule has 1 aliphatic heterocycles. The molecule has 1 aliphatic rings. The van der Waals surface area contributed by atoms with Crippen molar-refractivity contribution >= 4 is 44.0 Å². The molecular weight excluding hydrogens is 424 g/mol. The summed E-state index contributed by atoms with van der Waals surface area (Å²) in [5.41, 5.74) is 4.07. The molecule has 5 nitrogen and oxygen atoms in total. The largest absolute Gasteiger partial charge is 0.332 e. The van der Waals surface area contributed by atoms with Crippen LogP contribution in [-0.2, 0) is 6.42 Å². The lowest BCUT2D eigenvalue weighted by Gasteiger charge is -2.27. The lowest BCUT2D eigenvalue weighted by Crippen LogP contribution is -2.42. The minimum Gasteiger partial charge on any atom is -0.332 e. The van der Waals surface area contributed by atoms with E-state index in [0.29, 0.717) is 10.0 Å². The average Bonchev–Trinajstić information content (AvgIpc) is 3.04. The summed E-state index contributed by atoms with van der Waals surface area (Å²) in [4.78, 5) is 18.0. The van der Waals surface area contributed by atoms with E-state index in [2.05, 4.69) is 49.0 Å². The van der Waals surface area contributed by atoms with Crippen LogP contribution in [0.15, 0.2) is 53.0 Å². The summed E-state index contributed by atoms with van der Waals surface area (Å²) < 4.78 is 1.02. The van der Waals surface area contributed by atoms with Crippen molar-refractivity contribution in [2.45, 2.75) is 19.5 Å². The van der Waals surface area contributed by atoms with E-state index in [0.717, 1.165) is 34.4 Å². The number of halogens is 1. The number of carbonyl (C=O) groups is 1. The van der Waals surface area contributed by atoms with Crippen molar-refractivity contribution in [3.05, 3.63) is 74.7 Å². The first-order chi connectivity index (χ1) is 13.1. The van der Waals surface area contributed by atoms with E-state index in [9.17, 15) is 4.79 Å². The molecule has 3 aromatic rings. The number of nitrogens with zero attached hydrogens (tertiary/aromatic N) is 1. The first kappa shape index (κ1) is 18.2. The normalized spacial score (nSPS) is 15.9. The lowest BCUT2D eigenvalue weighted by molar-refractivity contribution is 0.0930. The average molecular weight is 443 g/mol. The Bertz CT molecular complexity index is 970. The van der Waals surface area contributed by atoms with Crippen LogP contribution in [0.2, 0.25) is 0 Å². The maximum Gasteiger partial charge on any atom is 0.264 e. The van der Waals surface area contributed by atoms with Gasteiger partial charge < -0.3 is 10.6 Å². The number of amides is 1. The zero-order chi connectivity index (χ0) is 18.8. The van der Waals surface area contributed by atoms with Crippen LogP contribution in [0.25, 0.3) is 0 Å². The van der Waals surface area contributed by atoms with Gasteiger partial charge in [0.2, 0.25) is 0 Å². The van der Waals surface area contributed by atoms with Crippen LogP contribution in [0.4, 0.5) is 10.8 Å². The highest BCUT2D eigenvalue weighted by molar-refractivity contribution is 9.10. The molecule has 4 rings (SSSR count). The van der Waals surface area contributed by atoms with Gasteiger partial charge in [-0.1, -0.05) is 51.5 Å². The summed E-state index contributed by atoms with van der Waals surface area (Å²) in [5, 5.41) is 10.4. The van der Waals surface area contributed by atoms with Gasteiger partial charge in [0.1, 0.15) is 11.0 Å². The van der Waals surface area contributed by atoms with Gasteiger partial charge in [-0.15, -0.1) is 0 Å². The number of carbonyl (C=O) groups excluding carboxylic acids is 1. The summed E-state index contributed by atoms with van der Waals surface area (Å²) in [6, 6.07) is 16.1. The fraction of sp³-hybridized carbons (Fsp3) is 0.200. The summed E-state index contributed by atoms with van der Waals surface area (Å²) >= 11 is 4.79. The molecule has 27 heavy (non-hydrogen) atoms. The Hall–Kier alpha value is -2.22. The van der Waals surface area contributed by atoms with Crippen molar-refractivity contribution < 1.29 is 4.79 Å². The van der Waals surface area contributed by atoms with Gasteiger partial charge in [-0.2, -0.15) is 0 Å². The zero-order valence-corrected chi connectivity index (χ0v) is 17.2. The second-order valence-electron chi connectivity index (χ2n) is 6.37. The molecule has 1 aromatic heterocycles. The molecule has 2 aromatic carbocycles. The number of hydrogen-bond acceptors (Lipinski definition) is 5. The number of thiazole rings is 1. The Morgan fingerprint density at radius 2 is 2.00 bits per heavy atom. The monoisotopic (exact) mass is 442 g/mol. The number of aryl methyl sites for hydroxylation is 1. The molecule has 138 valence electrons. The molecule has 2 heterocycles. The summed E-state index contributed by atoms with van der Waals surface area (Å²) in [6.45, 7) is 2.71. The smallest absolute Gasteiger partial charge is 0.264 e. The van der Waals surface area contributed by atoms with Crippen molar-refractivity contribution in [1.29, 1.82) is 0 Å². The first-order valence-electron chi connectivity index (χ1n) is 8.72. The van der Waals surface area contributed by atoms with Crippen molar-refractivity contribution in [3.63, 3.8) is 0 Å². The van der Waals surface area contributed by atoms with E-state index in [4.69, 9.17) is 0 Å². The zero-order valence-electron chi connectivity index (χ0n) is 14.8. The molecule has 0 saturated heterocycles. The predicted molar refractivity (Wildman–Crippen MR) is 113 cm³/mol. The Morgan fingerprint density at radius 1 is 1.22 bits per heavy atom. The molecular formula is C20H19BrN4OS. The molecule has 3 N–H and O–H groups in total. The molecule has 1 atom stereocenters. The highest BCUT2D eigenvalue weighted by Gasteiger charge is 2.23. The van der Waals surface area contributed by atoms with Gasteiger partial charge in [-0.3, -0.25) is 10.1 Å². The SMILES string of the molecule is Cc1nc(Nc2ccc(Br)cc2)sc1C(=O)NC1NCCc2ccccc21. The maximum absolute atomic E-state index is 12.8. The number of hydrogen-bond donors (Lipinski definition) is 3. The van der Waals surface area contributed by atoms with E-state index in [1.165, 1.54) is 16.9 Å². The highest BCUT2D eigenvalue weighted by Crippen LogP contribution is 2.27. The van der Waals surface area contributed by atoms with Crippen molar-refractivity contribution in [2.75, 3.05) is 11.9 Å². The van der Waals surface area contributed by atoms with Crippen LogP contribution >= 0.6 is 27.3 Å². The van der Waals surface area contributed by atoms with Crippen molar-refractivity contribution in [2.24, 2.45) is 0 Å². The number of benzene rings is 2. The van der Waals surface area contributed by atoms with E-state index >= 15 is 0 Å². The molecule has 7 heteroatoms. The minimum absolute atomic E-state index is 0.108. The number of nitrogens with one attached hydrogen (secondary N) is 3. The summed E-state index contributed by atoms with van der Waals surface area (Å²) in [5.74, 6) is -0.108. The number of aromatic nitrogens is 1. The molecule has 0 fully saturated rings. The quantitative estimate of drug-likeness (QED) is 0.554. The van der Waals surface area contributed by atoms with Crippen molar-refractivity contribution in [1.82, 2.24) is 15.6 Å². The fourth-order valence-corrected chi connectivity index (χ4v) is 4.30. The van der Waals surface area contributed by atoms with E-state index in [-0.39, 0.29) is 12.1 Å². The Kier molecular flexibility index (Phi) is 5.24. The van der Waals surface area contributed by atoms with E-state index in [1.807, 2.05) is 43.3 Å². The first-order valence-corrected chi connectivity index (χ1v) is 10.3. The third-order valence-electron chi connectivity index (χ3n) is 4.48. The van der Waals surface area contributed by atoms with Gasteiger partial charge in [0.25, 0.3) is 5.91 Å². The number of anilines is 2. The standard InChI is InChI=1S/C20H19BrN4OS/c1-12-17(27-20(23-12)24-15-8-6-14(21)7-9-15)19(26)25-18-16-5-3-2-4-13(16)10-11-22-18/h2-9,18,22H,10-11H2,1H3,(H,23,24)(H,25,26). The van der Waals surface area contributed by atoms with Crippen molar-refractivity contribution in [3.8, 4) is 0 Å². The molecule has 0 bridgehead atoms. The molecule has 1 unspecified atom stereocenters. The van der Waals surface area contributed by atoms with Gasteiger partial charge >= 0.3 is 0 Å². The van der Waals surface area contributed by atoms with Gasteiger partial charge in [0.05, 0.1) is 5.69 Å². The van der Waals surface area contributed by atoms with Gasteiger partial charge in [0.15, 0.2) is 5.13 Å². The second-order valence-corrected chi connectivity index (χ2v) is 8.29. The topological polar surface area (TPSA) is 66.0 Å². The molecule has 0 saturated carbocycles. The van der Waals surface area contributed by atoms with Crippen LogP contribution in [0, 0.1) is 6.92 Å². The Balaban J connectivity index is 1.50. The molecule has 0 spiro atoms. The van der Waals surface area contributed by atoms with E-state index in [1.54, 1.807) is 0 Å². The number of rotatable bonds is 4. The predicted octanol–water partition coefficient (Wildman–Crippen LogP) is 4.53. The highest BCUT2D eigenvalue weighted by atomic mass is 79.9. The second kappa shape index (κ2) is 7.80. The van der Waals surface area contributed by atoms with Crippen LogP contribution in [0.3, 0.4) is 0 Å². The van der Waals surface area contributed by atoms with Gasteiger partial charge in [0, 0.05) is 16.7 Å². The molecule has 1 amide bonds. The molecule has 0 aliphatic carbocycles. The fourth-order valence-electron chi connectivity index (χ4n) is 3.15. The van der Waals surface area contributed by atoms with Crippen LogP contribution in [-0.4, -0.2) is 17.4 Å².